The number of aliphatic carboxylic acids is 1. The molecule has 0 radical (unpaired) electrons. The molecule has 1 unspecified atom stereocenters. The molecule has 2 N–H and O–H groups in total. The van der Waals surface area contributed by atoms with Gasteiger partial charge in [-0.15, -0.1) is 0 Å². The van der Waals surface area contributed by atoms with E-state index in [1.807, 2.05) is 42.5 Å². The molecule has 0 bridgehead atoms. The molecule has 0 heterocycles. The van der Waals surface area contributed by atoms with Gasteiger partial charge in [-0.2, -0.15) is 0 Å². The van der Waals surface area contributed by atoms with Crippen LogP contribution < -0.4 is 0 Å². The van der Waals surface area contributed by atoms with Crippen LogP contribution in [0.3, 0.4) is 0 Å². The molecule has 2 rings (SSSR count). The van der Waals surface area contributed by atoms with Crippen molar-refractivity contribution in [2.45, 2.75) is 25.9 Å². The van der Waals surface area contributed by atoms with Gasteiger partial charge in [0.2, 0.25) is 0 Å². The average Bonchev–Trinajstić information content (AvgIpc) is 2.50. The van der Waals surface area contributed by atoms with Crippen molar-refractivity contribution in [3.63, 3.8) is 0 Å². The zero-order valence-corrected chi connectivity index (χ0v) is 12.5. The van der Waals surface area contributed by atoms with Gasteiger partial charge in [0, 0.05) is 19.4 Å². The van der Waals surface area contributed by atoms with Crippen molar-refractivity contribution < 1.29 is 19.7 Å². The molecule has 0 aliphatic heterocycles. The summed E-state index contributed by atoms with van der Waals surface area (Å²) in [5.74, 6) is -0.809. The van der Waals surface area contributed by atoms with E-state index >= 15 is 0 Å². The Kier molecular flexibility index (Phi) is 5.55. The van der Waals surface area contributed by atoms with Crippen LogP contribution in [0.25, 0.3) is 0 Å². The van der Waals surface area contributed by atoms with Crippen molar-refractivity contribution in [3.8, 4) is 5.75 Å². The van der Waals surface area contributed by atoms with Gasteiger partial charge in [0.15, 0.2) is 6.10 Å². The van der Waals surface area contributed by atoms with Crippen molar-refractivity contribution in [2.24, 2.45) is 0 Å². The Morgan fingerprint density at radius 1 is 1.14 bits per heavy atom. The van der Waals surface area contributed by atoms with Gasteiger partial charge in [-0.3, -0.25) is 0 Å². The lowest BCUT2D eigenvalue weighted by atomic mass is 10.00. The van der Waals surface area contributed by atoms with Gasteiger partial charge in [-0.1, -0.05) is 42.5 Å². The van der Waals surface area contributed by atoms with E-state index < -0.39 is 12.1 Å². The van der Waals surface area contributed by atoms with E-state index in [4.69, 9.17) is 9.84 Å². The first-order valence-electron chi connectivity index (χ1n) is 7.29. The van der Waals surface area contributed by atoms with Gasteiger partial charge >= 0.3 is 5.97 Å². The predicted molar refractivity (Wildman–Crippen MR) is 84.1 cm³/mol. The number of hydrogen-bond donors (Lipinski definition) is 2. The monoisotopic (exact) mass is 300 g/mol. The minimum atomic E-state index is -0.991. The first-order valence-corrected chi connectivity index (χ1v) is 7.29. The van der Waals surface area contributed by atoms with Crippen molar-refractivity contribution in [1.29, 1.82) is 0 Å². The number of benzene rings is 2. The number of carboxylic acids is 1. The van der Waals surface area contributed by atoms with Crippen molar-refractivity contribution in [3.05, 3.63) is 65.2 Å². The van der Waals surface area contributed by atoms with E-state index in [0.717, 1.165) is 16.7 Å². The zero-order chi connectivity index (χ0) is 15.9. The molecule has 0 fully saturated rings. The fourth-order valence-corrected chi connectivity index (χ4v) is 2.33. The average molecular weight is 300 g/mol. The van der Waals surface area contributed by atoms with E-state index in [1.54, 1.807) is 13.0 Å². The molecule has 1 atom stereocenters. The van der Waals surface area contributed by atoms with Crippen molar-refractivity contribution >= 4 is 5.97 Å². The van der Waals surface area contributed by atoms with Crippen LogP contribution in [0, 0.1) is 0 Å². The molecule has 2 aromatic carbocycles. The van der Waals surface area contributed by atoms with Crippen LogP contribution in [0.15, 0.2) is 48.5 Å². The highest BCUT2D eigenvalue weighted by atomic mass is 16.5. The Balaban J connectivity index is 2.10. The molecule has 4 nitrogen and oxygen atoms in total. The van der Waals surface area contributed by atoms with E-state index in [9.17, 15) is 9.90 Å². The molecular weight excluding hydrogens is 280 g/mol. The number of phenols is 1. The molecule has 2 aromatic rings. The lowest BCUT2D eigenvalue weighted by molar-refractivity contribution is -0.149. The van der Waals surface area contributed by atoms with Crippen LogP contribution in [-0.4, -0.2) is 28.9 Å². The summed E-state index contributed by atoms with van der Waals surface area (Å²) in [6.07, 6.45) is -0.00674. The number of phenolic OH excluding ortho intramolecular Hbond substituents is 1. The molecule has 0 aliphatic carbocycles. The summed E-state index contributed by atoms with van der Waals surface area (Å²) in [6, 6.07) is 15.2. The van der Waals surface area contributed by atoms with Gasteiger partial charge in [0.05, 0.1) is 0 Å². The maximum atomic E-state index is 11.1. The van der Waals surface area contributed by atoms with Gasteiger partial charge < -0.3 is 14.9 Å². The molecule has 0 amide bonds. The molecule has 0 spiro atoms. The smallest absolute Gasteiger partial charge is 0.333 e. The Bertz CT molecular complexity index is 622. The summed E-state index contributed by atoms with van der Waals surface area (Å²) in [6.45, 7) is 2.10. The Hall–Kier alpha value is -2.33. The summed E-state index contributed by atoms with van der Waals surface area (Å²) in [5.41, 5.74) is 2.68. The fourth-order valence-electron chi connectivity index (χ4n) is 2.33. The van der Waals surface area contributed by atoms with Crippen LogP contribution in [0.4, 0.5) is 0 Å². The SMILES string of the molecule is CCOC(Cc1ccc(Cc2ccccc2)c(O)c1)C(=O)O. The molecule has 116 valence electrons. The van der Waals surface area contributed by atoms with Crippen LogP contribution in [0.2, 0.25) is 0 Å². The molecular formula is C18H20O4. The molecule has 0 aliphatic rings. The number of carbonyl (C=O) groups is 1. The second-order valence-electron chi connectivity index (χ2n) is 5.11. The van der Waals surface area contributed by atoms with Gasteiger partial charge in [-0.25, -0.2) is 4.79 Å². The zero-order valence-electron chi connectivity index (χ0n) is 12.5. The first kappa shape index (κ1) is 16.0. The topological polar surface area (TPSA) is 66.8 Å². The molecule has 0 aromatic heterocycles. The van der Waals surface area contributed by atoms with E-state index in [1.165, 1.54) is 0 Å². The quantitative estimate of drug-likeness (QED) is 0.825. The number of ether oxygens (including phenoxy) is 1. The van der Waals surface area contributed by atoms with E-state index in [0.29, 0.717) is 13.0 Å². The summed E-state index contributed by atoms with van der Waals surface area (Å²) < 4.78 is 5.19. The van der Waals surface area contributed by atoms with Crippen molar-refractivity contribution in [1.82, 2.24) is 0 Å². The third kappa shape index (κ3) is 4.33. The van der Waals surface area contributed by atoms with E-state index in [2.05, 4.69) is 0 Å². The predicted octanol–water partition coefficient (Wildman–Crippen LogP) is 3.02. The fraction of sp³-hybridized carbons (Fsp3) is 0.278. The summed E-state index contributed by atoms with van der Waals surface area (Å²) in [7, 11) is 0. The molecule has 22 heavy (non-hydrogen) atoms. The lowest BCUT2D eigenvalue weighted by Gasteiger charge is -2.13. The lowest BCUT2D eigenvalue weighted by Crippen LogP contribution is -2.26. The number of aromatic hydroxyl groups is 1. The minimum Gasteiger partial charge on any atom is -0.508 e. The molecule has 4 heteroatoms. The summed E-state index contributed by atoms with van der Waals surface area (Å²) >= 11 is 0. The standard InChI is InChI=1S/C18H20O4/c1-2-22-17(18(20)21)12-14-8-9-15(16(19)11-14)10-13-6-4-3-5-7-13/h3-9,11,17,19H,2,10,12H2,1H3,(H,20,21). The summed E-state index contributed by atoms with van der Waals surface area (Å²) in [5, 5.41) is 19.2. The highest BCUT2D eigenvalue weighted by molar-refractivity contribution is 5.72. The summed E-state index contributed by atoms with van der Waals surface area (Å²) in [4.78, 5) is 11.1. The Morgan fingerprint density at radius 2 is 1.86 bits per heavy atom. The molecule has 0 saturated carbocycles. The normalized spacial score (nSPS) is 12.0. The number of carboxylic acid groups (broad SMARTS) is 1. The molecule has 0 saturated heterocycles. The van der Waals surface area contributed by atoms with E-state index in [-0.39, 0.29) is 12.2 Å². The third-order valence-corrected chi connectivity index (χ3v) is 3.45. The second kappa shape index (κ2) is 7.61. The second-order valence-corrected chi connectivity index (χ2v) is 5.11. The van der Waals surface area contributed by atoms with Gasteiger partial charge in [0.1, 0.15) is 5.75 Å². The van der Waals surface area contributed by atoms with Crippen LogP contribution in [0.1, 0.15) is 23.6 Å². The highest BCUT2D eigenvalue weighted by Gasteiger charge is 2.18. The van der Waals surface area contributed by atoms with Crippen LogP contribution in [-0.2, 0) is 22.4 Å². The maximum absolute atomic E-state index is 11.1. The van der Waals surface area contributed by atoms with Crippen LogP contribution >= 0.6 is 0 Å². The number of hydrogen-bond acceptors (Lipinski definition) is 3. The third-order valence-electron chi connectivity index (χ3n) is 3.45. The van der Waals surface area contributed by atoms with Crippen molar-refractivity contribution in [2.75, 3.05) is 6.61 Å². The maximum Gasteiger partial charge on any atom is 0.333 e. The van der Waals surface area contributed by atoms with Gasteiger partial charge in [-0.05, 0) is 29.7 Å². The minimum absolute atomic E-state index is 0.182. The Morgan fingerprint density at radius 3 is 2.45 bits per heavy atom. The number of rotatable bonds is 7. The Labute approximate surface area is 130 Å². The highest BCUT2D eigenvalue weighted by Crippen LogP contribution is 2.23. The first-order chi connectivity index (χ1) is 10.6. The largest absolute Gasteiger partial charge is 0.508 e. The van der Waals surface area contributed by atoms with Crippen LogP contribution in [0.5, 0.6) is 5.75 Å². The van der Waals surface area contributed by atoms with Gasteiger partial charge in [0.25, 0.3) is 0 Å².